The number of benzene rings is 2. The normalized spacial score (nSPS) is 12.3. The summed E-state index contributed by atoms with van der Waals surface area (Å²) in [7, 11) is -8.49. The molecule has 0 aliphatic heterocycles. The van der Waals surface area contributed by atoms with Crippen LogP contribution in [0.1, 0.15) is 12.5 Å². The van der Waals surface area contributed by atoms with Gasteiger partial charge < -0.3 is 26.0 Å². The summed E-state index contributed by atoms with van der Waals surface area (Å²) < 4.78 is 69.2. The van der Waals surface area contributed by atoms with E-state index in [-0.39, 0.29) is 21.8 Å². The van der Waals surface area contributed by atoms with Crippen LogP contribution in [-0.2, 0) is 19.2 Å². The standard InChI is InChI=1S/C19H20F2N3O7PS/c1-11(18(25)24-19(22)23)8-12-9-15(20)17(16(21)10-12)31-13-2-4-14(5-3-13)33(29,30)7-6-32(26,27)28/h2-5,8-10H,6-7H2,1H3,(H2,26,27,28)(H4,22,23,24,25)/b11-8+. The number of carbonyl (C=O) groups is 1. The summed E-state index contributed by atoms with van der Waals surface area (Å²) >= 11 is 0. The molecule has 2 aromatic rings. The highest BCUT2D eigenvalue weighted by atomic mass is 32.2. The van der Waals surface area contributed by atoms with E-state index in [0.717, 1.165) is 36.4 Å². The van der Waals surface area contributed by atoms with E-state index in [9.17, 15) is 26.6 Å². The highest BCUT2D eigenvalue weighted by molar-refractivity contribution is 7.91. The zero-order valence-corrected chi connectivity index (χ0v) is 18.8. The van der Waals surface area contributed by atoms with Crippen molar-refractivity contribution in [2.24, 2.45) is 16.5 Å². The van der Waals surface area contributed by atoms with Crippen LogP contribution in [0.5, 0.6) is 11.5 Å². The monoisotopic (exact) mass is 503 g/mol. The molecular formula is C19H20F2N3O7PS. The molecule has 0 spiro atoms. The minimum absolute atomic E-state index is 0.000454. The van der Waals surface area contributed by atoms with Gasteiger partial charge in [0.25, 0.3) is 5.91 Å². The van der Waals surface area contributed by atoms with Gasteiger partial charge in [0.05, 0.1) is 16.8 Å². The van der Waals surface area contributed by atoms with Crippen molar-refractivity contribution in [1.29, 1.82) is 0 Å². The van der Waals surface area contributed by atoms with Crippen LogP contribution in [0.2, 0.25) is 0 Å². The second-order valence-electron chi connectivity index (χ2n) is 6.76. The van der Waals surface area contributed by atoms with Gasteiger partial charge in [-0.2, -0.15) is 4.99 Å². The van der Waals surface area contributed by atoms with E-state index >= 15 is 0 Å². The van der Waals surface area contributed by atoms with Gasteiger partial charge >= 0.3 is 7.60 Å². The third-order valence-corrected chi connectivity index (χ3v) is 6.87. The summed E-state index contributed by atoms with van der Waals surface area (Å²) in [4.78, 5) is 32.5. The van der Waals surface area contributed by atoms with Crippen molar-refractivity contribution in [3.63, 3.8) is 0 Å². The Morgan fingerprint density at radius 3 is 2.18 bits per heavy atom. The lowest BCUT2D eigenvalue weighted by Gasteiger charge is -2.10. The maximum absolute atomic E-state index is 14.4. The van der Waals surface area contributed by atoms with Crippen LogP contribution in [0.4, 0.5) is 8.78 Å². The second-order valence-corrected chi connectivity index (χ2v) is 10.6. The number of sulfone groups is 1. The predicted molar refractivity (Wildman–Crippen MR) is 116 cm³/mol. The summed E-state index contributed by atoms with van der Waals surface area (Å²) in [6.07, 6.45) is 0.323. The molecule has 0 fully saturated rings. The van der Waals surface area contributed by atoms with Crippen molar-refractivity contribution >= 4 is 35.4 Å². The third kappa shape index (κ3) is 7.75. The van der Waals surface area contributed by atoms with Crippen LogP contribution in [-0.4, -0.2) is 42.0 Å². The molecule has 0 saturated carbocycles. The minimum atomic E-state index is -4.50. The predicted octanol–water partition coefficient (Wildman–Crippen LogP) is 1.91. The first-order chi connectivity index (χ1) is 15.2. The van der Waals surface area contributed by atoms with E-state index in [1.807, 2.05) is 0 Å². The first-order valence-electron chi connectivity index (χ1n) is 9.04. The molecule has 0 aliphatic rings. The maximum atomic E-state index is 14.4. The van der Waals surface area contributed by atoms with Crippen molar-refractivity contribution in [1.82, 2.24) is 0 Å². The smallest absolute Gasteiger partial charge is 0.326 e. The molecule has 0 aliphatic carbocycles. The molecule has 2 rings (SSSR count). The molecule has 6 N–H and O–H groups in total. The molecule has 0 bridgehead atoms. The number of nitrogens with zero attached hydrogens (tertiary/aromatic N) is 1. The average molecular weight is 503 g/mol. The Morgan fingerprint density at radius 1 is 1.15 bits per heavy atom. The summed E-state index contributed by atoms with van der Waals surface area (Å²) in [5.74, 6) is -5.08. The summed E-state index contributed by atoms with van der Waals surface area (Å²) in [6, 6.07) is 6.24. The number of hydrogen-bond acceptors (Lipinski definition) is 5. The number of hydrogen-bond donors (Lipinski definition) is 4. The summed E-state index contributed by atoms with van der Waals surface area (Å²) in [6.45, 7) is 1.35. The SMILES string of the molecule is C/C(=C\c1cc(F)c(Oc2ccc(S(=O)(=O)CCP(=O)(O)O)cc2)c(F)c1)C(=O)N=C(N)N. The van der Waals surface area contributed by atoms with Gasteiger partial charge in [0.1, 0.15) is 5.75 Å². The van der Waals surface area contributed by atoms with Gasteiger partial charge in [-0.25, -0.2) is 17.2 Å². The molecule has 10 nitrogen and oxygen atoms in total. The molecule has 0 saturated heterocycles. The fraction of sp³-hybridized carbons (Fsp3) is 0.158. The first-order valence-corrected chi connectivity index (χ1v) is 12.5. The van der Waals surface area contributed by atoms with Gasteiger partial charge in [-0.15, -0.1) is 0 Å². The molecule has 0 heterocycles. The molecule has 1 amide bonds. The van der Waals surface area contributed by atoms with Crippen molar-refractivity contribution in [3.8, 4) is 11.5 Å². The number of guanidine groups is 1. The molecule has 33 heavy (non-hydrogen) atoms. The summed E-state index contributed by atoms with van der Waals surface area (Å²) in [5.41, 5.74) is 10.2. The van der Waals surface area contributed by atoms with E-state index in [4.69, 9.17) is 26.0 Å². The minimum Gasteiger partial charge on any atom is -0.451 e. The first kappa shape index (κ1) is 26.1. The van der Waals surface area contributed by atoms with E-state index in [0.29, 0.717) is 0 Å². The number of amides is 1. The van der Waals surface area contributed by atoms with Crippen LogP contribution in [0.25, 0.3) is 6.08 Å². The highest BCUT2D eigenvalue weighted by Gasteiger charge is 2.22. The molecule has 14 heteroatoms. The van der Waals surface area contributed by atoms with Crippen molar-refractivity contribution in [2.75, 3.05) is 11.9 Å². The van der Waals surface area contributed by atoms with E-state index < -0.39 is 58.6 Å². The molecule has 178 valence electrons. The zero-order chi connectivity index (χ0) is 25.0. The molecule has 0 atom stereocenters. The Kier molecular flexibility index (Phi) is 8.09. The van der Waals surface area contributed by atoms with Gasteiger partial charge in [0, 0.05) is 5.57 Å². The second kappa shape index (κ2) is 10.2. The number of ether oxygens (including phenoxy) is 1. The van der Waals surface area contributed by atoms with E-state index in [1.165, 1.54) is 13.0 Å². The molecule has 0 unspecified atom stereocenters. The quantitative estimate of drug-likeness (QED) is 0.181. The largest absolute Gasteiger partial charge is 0.451 e. The molecule has 0 radical (unpaired) electrons. The number of halogens is 2. The van der Waals surface area contributed by atoms with E-state index in [2.05, 4.69) is 4.99 Å². The lowest BCUT2D eigenvalue weighted by molar-refractivity contribution is -0.114. The highest BCUT2D eigenvalue weighted by Crippen LogP contribution is 2.35. The van der Waals surface area contributed by atoms with Crippen LogP contribution in [0.3, 0.4) is 0 Å². The van der Waals surface area contributed by atoms with E-state index in [1.54, 1.807) is 0 Å². The Labute approximate surface area is 187 Å². The van der Waals surface area contributed by atoms with Gasteiger partial charge in [0.2, 0.25) is 0 Å². The third-order valence-electron chi connectivity index (χ3n) is 4.03. The van der Waals surface area contributed by atoms with Gasteiger partial charge in [-0.3, -0.25) is 9.36 Å². The fourth-order valence-electron chi connectivity index (χ4n) is 2.47. The lowest BCUT2D eigenvalue weighted by Crippen LogP contribution is -2.24. The Morgan fingerprint density at radius 2 is 1.70 bits per heavy atom. The number of rotatable bonds is 8. The van der Waals surface area contributed by atoms with Crippen LogP contribution >= 0.6 is 7.60 Å². The van der Waals surface area contributed by atoms with Crippen LogP contribution in [0.15, 0.2) is 51.9 Å². The van der Waals surface area contributed by atoms with Crippen molar-refractivity contribution in [3.05, 3.63) is 59.2 Å². The van der Waals surface area contributed by atoms with Crippen LogP contribution < -0.4 is 16.2 Å². The summed E-state index contributed by atoms with van der Waals surface area (Å²) in [5, 5.41) is 0. The van der Waals surface area contributed by atoms with Crippen molar-refractivity contribution in [2.45, 2.75) is 11.8 Å². The average Bonchev–Trinajstić information content (AvgIpc) is 2.68. The number of aliphatic imine (C=N–C) groups is 1. The molecule has 2 aromatic carbocycles. The van der Waals surface area contributed by atoms with Gasteiger partial charge in [-0.05, 0) is 55.0 Å². The Hall–Kier alpha value is -3.12. The van der Waals surface area contributed by atoms with Gasteiger partial charge in [-0.1, -0.05) is 0 Å². The Balaban J connectivity index is 2.22. The zero-order valence-electron chi connectivity index (χ0n) is 17.1. The van der Waals surface area contributed by atoms with Crippen LogP contribution in [0, 0.1) is 11.6 Å². The fourth-order valence-corrected chi connectivity index (χ4v) is 5.17. The molecular weight excluding hydrogens is 483 g/mol. The Bertz CT molecular complexity index is 1250. The number of nitrogens with two attached hydrogens (primary N) is 2. The number of carbonyl (C=O) groups excluding carboxylic acids is 1. The topological polar surface area (TPSA) is 182 Å². The maximum Gasteiger partial charge on any atom is 0.326 e. The lowest BCUT2D eigenvalue weighted by atomic mass is 10.1. The van der Waals surface area contributed by atoms with Crippen molar-refractivity contribution < 1.29 is 41.1 Å². The molecule has 0 aromatic heterocycles. The van der Waals surface area contributed by atoms with Gasteiger partial charge in [0.15, 0.2) is 33.2 Å².